The number of nitrogens with zero attached hydrogens (tertiary/aromatic N) is 1. The van der Waals surface area contributed by atoms with E-state index in [4.69, 9.17) is 5.26 Å². The van der Waals surface area contributed by atoms with E-state index in [1.54, 1.807) is 0 Å². The van der Waals surface area contributed by atoms with Gasteiger partial charge in [0.25, 0.3) is 0 Å². The fraction of sp³-hybridized carbons (Fsp3) is 0.909. The zero-order chi connectivity index (χ0) is 11.2. The Morgan fingerprint density at radius 3 is 2.36 bits per heavy atom. The van der Waals surface area contributed by atoms with Crippen LogP contribution in [0.15, 0.2) is 0 Å². The predicted octanol–water partition coefficient (Wildman–Crippen LogP) is 2.66. The van der Waals surface area contributed by atoms with Crippen LogP contribution in [-0.4, -0.2) is 23.6 Å². The molecular formula is C11H22N2S. The molecule has 0 aliphatic heterocycles. The van der Waals surface area contributed by atoms with Crippen LogP contribution < -0.4 is 5.32 Å². The van der Waals surface area contributed by atoms with E-state index in [2.05, 4.69) is 32.2 Å². The van der Waals surface area contributed by atoms with Crippen molar-refractivity contribution in [1.82, 2.24) is 5.32 Å². The molecule has 1 N–H and O–H groups in total. The van der Waals surface area contributed by atoms with E-state index in [0.717, 1.165) is 12.3 Å². The molecular weight excluding hydrogens is 192 g/mol. The SMILES string of the molecule is CNC(C)(C#N)CC(C)SCC(C)C. The highest BCUT2D eigenvalue weighted by Gasteiger charge is 2.24. The Labute approximate surface area is 92.5 Å². The van der Waals surface area contributed by atoms with Gasteiger partial charge in [-0.05, 0) is 32.1 Å². The second kappa shape index (κ2) is 6.31. The lowest BCUT2D eigenvalue weighted by molar-refractivity contribution is 0.455. The molecule has 3 heteroatoms. The fourth-order valence-electron chi connectivity index (χ4n) is 1.19. The molecule has 0 rings (SSSR count). The van der Waals surface area contributed by atoms with Crippen LogP contribution in [0.3, 0.4) is 0 Å². The zero-order valence-corrected chi connectivity index (χ0v) is 10.7. The molecule has 2 atom stereocenters. The van der Waals surface area contributed by atoms with Gasteiger partial charge in [-0.2, -0.15) is 17.0 Å². The number of nitrogens with one attached hydrogen (secondary N) is 1. The van der Waals surface area contributed by atoms with Gasteiger partial charge in [0.15, 0.2) is 0 Å². The quantitative estimate of drug-likeness (QED) is 0.738. The smallest absolute Gasteiger partial charge is 0.104 e. The van der Waals surface area contributed by atoms with Crippen molar-refractivity contribution in [3.05, 3.63) is 0 Å². The lowest BCUT2D eigenvalue weighted by Gasteiger charge is -2.24. The molecule has 0 aliphatic rings. The number of thioether (sulfide) groups is 1. The largest absolute Gasteiger partial charge is 0.303 e. The van der Waals surface area contributed by atoms with Gasteiger partial charge in [-0.15, -0.1) is 0 Å². The standard InChI is InChI=1S/C11H22N2S/c1-9(2)7-14-10(3)6-11(4,8-12)13-5/h9-10,13H,6-7H2,1-5H3. The highest BCUT2D eigenvalue weighted by Crippen LogP contribution is 2.22. The molecule has 0 amide bonds. The maximum absolute atomic E-state index is 8.99. The first-order chi connectivity index (χ1) is 6.43. The summed E-state index contributed by atoms with van der Waals surface area (Å²) in [5.41, 5.74) is -0.372. The van der Waals surface area contributed by atoms with E-state index in [-0.39, 0.29) is 5.54 Å². The third-order valence-corrected chi connectivity index (χ3v) is 3.80. The molecule has 0 aromatic rings. The van der Waals surface area contributed by atoms with Gasteiger partial charge in [0.05, 0.1) is 6.07 Å². The molecule has 14 heavy (non-hydrogen) atoms. The third kappa shape index (κ3) is 5.51. The molecule has 2 nitrogen and oxygen atoms in total. The second-order valence-corrected chi connectivity index (χ2v) is 5.91. The number of nitriles is 1. The van der Waals surface area contributed by atoms with Crippen LogP contribution in [0.25, 0.3) is 0 Å². The van der Waals surface area contributed by atoms with Crippen molar-refractivity contribution in [3.63, 3.8) is 0 Å². The average Bonchev–Trinajstić information content (AvgIpc) is 2.14. The van der Waals surface area contributed by atoms with Crippen LogP contribution in [0.5, 0.6) is 0 Å². The van der Waals surface area contributed by atoms with Gasteiger partial charge in [0.2, 0.25) is 0 Å². The van der Waals surface area contributed by atoms with Crippen LogP contribution in [0.4, 0.5) is 0 Å². The molecule has 0 saturated heterocycles. The summed E-state index contributed by atoms with van der Waals surface area (Å²) in [5.74, 6) is 1.90. The van der Waals surface area contributed by atoms with Gasteiger partial charge < -0.3 is 5.32 Å². The lowest BCUT2D eigenvalue weighted by Crippen LogP contribution is -2.40. The minimum atomic E-state index is -0.372. The lowest BCUT2D eigenvalue weighted by atomic mass is 9.98. The number of rotatable bonds is 6. The molecule has 0 heterocycles. The first-order valence-electron chi connectivity index (χ1n) is 5.15. The molecule has 0 spiro atoms. The van der Waals surface area contributed by atoms with Crippen molar-refractivity contribution in [2.75, 3.05) is 12.8 Å². The van der Waals surface area contributed by atoms with Crippen LogP contribution in [-0.2, 0) is 0 Å². The van der Waals surface area contributed by atoms with E-state index < -0.39 is 0 Å². The van der Waals surface area contributed by atoms with Gasteiger partial charge in [0.1, 0.15) is 5.54 Å². The van der Waals surface area contributed by atoms with Crippen LogP contribution in [0, 0.1) is 17.2 Å². The zero-order valence-electron chi connectivity index (χ0n) is 9.92. The Morgan fingerprint density at radius 1 is 1.43 bits per heavy atom. The summed E-state index contributed by atoms with van der Waals surface area (Å²) in [5, 5.41) is 12.6. The van der Waals surface area contributed by atoms with Gasteiger partial charge in [0, 0.05) is 5.25 Å². The van der Waals surface area contributed by atoms with E-state index in [9.17, 15) is 0 Å². The molecule has 0 aromatic carbocycles. The summed E-state index contributed by atoms with van der Waals surface area (Å²) < 4.78 is 0. The number of hydrogen-bond donors (Lipinski definition) is 1. The van der Waals surface area contributed by atoms with Gasteiger partial charge in [-0.25, -0.2) is 0 Å². The Bertz CT molecular complexity index is 198. The maximum Gasteiger partial charge on any atom is 0.104 e. The average molecular weight is 214 g/mol. The third-order valence-electron chi connectivity index (χ3n) is 2.21. The van der Waals surface area contributed by atoms with Crippen molar-refractivity contribution in [2.24, 2.45) is 5.92 Å². The summed E-state index contributed by atoms with van der Waals surface area (Å²) in [4.78, 5) is 0. The molecule has 0 fully saturated rings. The van der Waals surface area contributed by atoms with E-state index >= 15 is 0 Å². The molecule has 0 bridgehead atoms. The molecule has 82 valence electrons. The Hall–Kier alpha value is -0.200. The Kier molecular flexibility index (Phi) is 6.22. The van der Waals surface area contributed by atoms with Crippen molar-refractivity contribution in [1.29, 1.82) is 5.26 Å². The first kappa shape index (κ1) is 13.8. The summed E-state index contributed by atoms with van der Waals surface area (Å²) in [6.45, 7) is 8.60. The second-order valence-electron chi connectivity index (χ2n) is 4.44. The van der Waals surface area contributed by atoms with Gasteiger partial charge in [-0.1, -0.05) is 20.8 Å². The summed E-state index contributed by atoms with van der Waals surface area (Å²) in [7, 11) is 1.85. The molecule has 0 saturated carbocycles. The summed E-state index contributed by atoms with van der Waals surface area (Å²) in [6.07, 6.45) is 0.900. The van der Waals surface area contributed by atoms with Crippen LogP contribution >= 0.6 is 11.8 Å². The Balaban J connectivity index is 3.93. The normalized spacial score (nSPS) is 17.5. The molecule has 0 aromatic heterocycles. The first-order valence-corrected chi connectivity index (χ1v) is 6.20. The summed E-state index contributed by atoms with van der Waals surface area (Å²) >= 11 is 1.95. The number of hydrogen-bond acceptors (Lipinski definition) is 3. The van der Waals surface area contributed by atoms with Crippen molar-refractivity contribution in [2.45, 2.75) is 44.9 Å². The monoisotopic (exact) mass is 214 g/mol. The van der Waals surface area contributed by atoms with Crippen molar-refractivity contribution < 1.29 is 0 Å². The highest BCUT2D eigenvalue weighted by atomic mass is 32.2. The van der Waals surface area contributed by atoms with E-state index in [1.807, 2.05) is 25.7 Å². The van der Waals surface area contributed by atoms with Crippen LogP contribution in [0.1, 0.15) is 34.1 Å². The minimum absolute atomic E-state index is 0.372. The molecule has 0 aliphatic carbocycles. The fourth-order valence-corrected chi connectivity index (χ4v) is 2.36. The van der Waals surface area contributed by atoms with E-state index in [0.29, 0.717) is 5.25 Å². The topological polar surface area (TPSA) is 35.8 Å². The van der Waals surface area contributed by atoms with Gasteiger partial charge >= 0.3 is 0 Å². The van der Waals surface area contributed by atoms with E-state index in [1.165, 1.54) is 5.75 Å². The highest BCUT2D eigenvalue weighted by molar-refractivity contribution is 7.99. The van der Waals surface area contributed by atoms with Gasteiger partial charge in [-0.3, -0.25) is 0 Å². The van der Waals surface area contributed by atoms with Crippen LogP contribution in [0.2, 0.25) is 0 Å². The van der Waals surface area contributed by atoms with Crippen molar-refractivity contribution in [3.8, 4) is 6.07 Å². The predicted molar refractivity (Wildman–Crippen MR) is 64.5 cm³/mol. The van der Waals surface area contributed by atoms with Crippen molar-refractivity contribution >= 4 is 11.8 Å². The maximum atomic E-state index is 8.99. The summed E-state index contributed by atoms with van der Waals surface area (Å²) in [6, 6.07) is 2.32. The Morgan fingerprint density at radius 2 is 2.00 bits per heavy atom. The molecule has 0 radical (unpaired) electrons. The minimum Gasteiger partial charge on any atom is -0.303 e. The molecule has 2 unspecified atom stereocenters.